The lowest BCUT2D eigenvalue weighted by Gasteiger charge is -2.09. The second kappa shape index (κ2) is 6.60. The number of carbonyl (C=O) groups is 2. The summed E-state index contributed by atoms with van der Waals surface area (Å²) in [7, 11) is 0. The minimum Gasteiger partial charge on any atom is -0.356 e. The van der Waals surface area contributed by atoms with Gasteiger partial charge in [0.05, 0.1) is 11.8 Å². The number of hydrogen-bond donors (Lipinski definition) is 2. The summed E-state index contributed by atoms with van der Waals surface area (Å²) < 4.78 is 0.982. The summed E-state index contributed by atoms with van der Waals surface area (Å²) >= 11 is 3.40. The zero-order chi connectivity index (χ0) is 15.6. The molecule has 2 atom stereocenters. The van der Waals surface area contributed by atoms with E-state index in [4.69, 9.17) is 0 Å². The van der Waals surface area contributed by atoms with Gasteiger partial charge in [0.15, 0.2) is 0 Å². The minimum atomic E-state index is -0.194. The average Bonchev–Trinajstić information content (AvgIpc) is 3.19. The van der Waals surface area contributed by atoms with Gasteiger partial charge < -0.3 is 10.6 Å². The highest BCUT2D eigenvalue weighted by molar-refractivity contribution is 9.10. The molecule has 1 aromatic rings. The third kappa shape index (κ3) is 4.30. The zero-order valence-corrected chi connectivity index (χ0v) is 14.2. The van der Waals surface area contributed by atoms with Crippen LogP contribution >= 0.6 is 15.9 Å². The molecular formula is C16H21BrN2O2. The number of benzene rings is 1. The summed E-state index contributed by atoms with van der Waals surface area (Å²) in [4.78, 5) is 24.1. The number of amides is 2. The molecule has 1 aliphatic carbocycles. The van der Waals surface area contributed by atoms with Crippen molar-refractivity contribution < 1.29 is 9.59 Å². The normalized spacial score (nSPS) is 20.2. The molecule has 1 aliphatic rings. The average molecular weight is 353 g/mol. The monoisotopic (exact) mass is 352 g/mol. The molecule has 0 aromatic heterocycles. The third-order valence-electron chi connectivity index (χ3n) is 3.59. The maximum absolute atomic E-state index is 12.2. The van der Waals surface area contributed by atoms with Gasteiger partial charge in [0.1, 0.15) is 0 Å². The van der Waals surface area contributed by atoms with Crippen molar-refractivity contribution in [2.45, 2.75) is 27.2 Å². The van der Waals surface area contributed by atoms with Crippen molar-refractivity contribution in [3.05, 3.63) is 28.2 Å². The van der Waals surface area contributed by atoms with Crippen LogP contribution in [0.4, 0.5) is 5.69 Å². The Hall–Kier alpha value is -1.36. The van der Waals surface area contributed by atoms with Gasteiger partial charge in [0, 0.05) is 16.7 Å². The Morgan fingerprint density at radius 3 is 2.57 bits per heavy atom. The summed E-state index contributed by atoms with van der Waals surface area (Å²) in [5.74, 6) is -0.00778. The number of anilines is 1. The van der Waals surface area contributed by atoms with E-state index in [-0.39, 0.29) is 23.7 Å². The minimum absolute atomic E-state index is 0.00335. The molecule has 2 unspecified atom stereocenters. The van der Waals surface area contributed by atoms with Gasteiger partial charge in [-0.05, 0) is 43.0 Å². The van der Waals surface area contributed by atoms with E-state index in [9.17, 15) is 9.59 Å². The highest BCUT2D eigenvalue weighted by atomic mass is 79.9. The summed E-state index contributed by atoms with van der Waals surface area (Å²) in [5.41, 5.74) is 1.80. The van der Waals surface area contributed by atoms with Gasteiger partial charge in [0.2, 0.25) is 11.8 Å². The van der Waals surface area contributed by atoms with Gasteiger partial charge in [-0.15, -0.1) is 0 Å². The van der Waals surface area contributed by atoms with Crippen LogP contribution in [-0.2, 0) is 9.59 Å². The first-order chi connectivity index (χ1) is 9.88. The molecule has 114 valence electrons. The fraction of sp³-hybridized carbons (Fsp3) is 0.500. The molecule has 2 rings (SSSR count). The summed E-state index contributed by atoms with van der Waals surface area (Å²) in [5, 5.41) is 5.80. The van der Waals surface area contributed by atoms with E-state index in [2.05, 4.69) is 26.6 Å². The van der Waals surface area contributed by atoms with Crippen LogP contribution in [0.2, 0.25) is 0 Å². The molecule has 4 nitrogen and oxygen atoms in total. The lowest BCUT2D eigenvalue weighted by Crippen LogP contribution is -2.30. The first-order valence-electron chi connectivity index (χ1n) is 7.23. The van der Waals surface area contributed by atoms with E-state index in [0.717, 1.165) is 15.7 Å². The van der Waals surface area contributed by atoms with Crippen molar-refractivity contribution >= 4 is 33.4 Å². The summed E-state index contributed by atoms with van der Waals surface area (Å²) in [6, 6.07) is 5.71. The molecule has 5 heteroatoms. The number of halogens is 1. The van der Waals surface area contributed by atoms with Crippen molar-refractivity contribution in [2.75, 3.05) is 11.9 Å². The van der Waals surface area contributed by atoms with E-state index in [1.54, 1.807) is 0 Å². The van der Waals surface area contributed by atoms with Gasteiger partial charge in [0.25, 0.3) is 0 Å². The van der Waals surface area contributed by atoms with E-state index in [0.29, 0.717) is 18.9 Å². The number of hydrogen-bond acceptors (Lipinski definition) is 2. The van der Waals surface area contributed by atoms with Crippen LogP contribution in [0.5, 0.6) is 0 Å². The molecule has 2 amide bonds. The molecule has 0 saturated heterocycles. The largest absolute Gasteiger partial charge is 0.356 e. The summed E-state index contributed by atoms with van der Waals surface area (Å²) in [6.07, 6.45) is 0.644. The van der Waals surface area contributed by atoms with Crippen LogP contribution in [0.3, 0.4) is 0 Å². The zero-order valence-electron chi connectivity index (χ0n) is 12.6. The molecule has 2 N–H and O–H groups in total. The topological polar surface area (TPSA) is 58.2 Å². The Bertz CT molecular complexity index is 557. The summed E-state index contributed by atoms with van der Waals surface area (Å²) in [6.45, 7) is 6.71. The van der Waals surface area contributed by atoms with Crippen LogP contribution < -0.4 is 10.6 Å². The lowest BCUT2D eigenvalue weighted by molar-refractivity contribution is -0.125. The Balaban J connectivity index is 1.87. The van der Waals surface area contributed by atoms with Crippen LogP contribution in [-0.4, -0.2) is 18.4 Å². The first kappa shape index (κ1) is 16.0. The number of aryl methyl sites for hydroxylation is 1. The molecule has 0 bridgehead atoms. The second-order valence-electron chi connectivity index (χ2n) is 6.04. The Morgan fingerprint density at radius 1 is 1.29 bits per heavy atom. The molecular weight excluding hydrogens is 332 g/mol. The van der Waals surface area contributed by atoms with Crippen LogP contribution in [0.25, 0.3) is 0 Å². The predicted molar refractivity (Wildman–Crippen MR) is 87.0 cm³/mol. The molecule has 21 heavy (non-hydrogen) atoms. The van der Waals surface area contributed by atoms with Gasteiger partial charge in [-0.3, -0.25) is 9.59 Å². The molecule has 1 aromatic carbocycles. The first-order valence-corrected chi connectivity index (χ1v) is 8.02. The fourth-order valence-electron chi connectivity index (χ4n) is 2.20. The van der Waals surface area contributed by atoms with Gasteiger partial charge in [-0.2, -0.15) is 0 Å². The van der Waals surface area contributed by atoms with Gasteiger partial charge in [-0.25, -0.2) is 0 Å². The quantitative estimate of drug-likeness (QED) is 0.855. The molecule has 0 spiro atoms. The van der Waals surface area contributed by atoms with Crippen molar-refractivity contribution in [2.24, 2.45) is 17.8 Å². The Labute approximate surface area is 133 Å². The van der Waals surface area contributed by atoms with E-state index in [1.165, 1.54) is 0 Å². The smallest absolute Gasteiger partial charge is 0.228 e. The fourth-order valence-corrected chi connectivity index (χ4v) is 2.68. The second-order valence-corrected chi connectivity index (χ2v) is 6.95. The SMILES string of the molecule is Cc1cc(Br)ccc1NC(=O)C1CC1C(=O)NCC(C)C. The Kier molecular flexibility index (Phi) is 5.04. The van der Waals surface area contributed by atoms with Gasteiger partial charge >= 0.3 is 0 Å². The standard InChI is InChI=1S/C16H21BrN2O2/c1-9(2)8-18-15(20)12-7-13(12)16(21)19-14-5-4-11(17)6-10(14)3/h4-6,9,12-13H,7-8H2,1-3H3,(H,18,20)(H,19,21). The van der Waals surface area contributed by atoms with Crippen molar-refractivity contribution in [3.63, 3.8) is 0 Å². The molecule has 0 radical (unpaired) electrons. The van der Waals surface area contributed by atoms with E-state index >= 15 is 0 Å². The highest BCUT2D eigenvalue weighted by Crippen LogP contribution is 2.39. The molecule has 0 aliphatic heterocycles. The predicted octanol–water partition coefficient (Wildman–Crippen LogP) is 3.10. The van der Waals surface area contributed by atoms with E-state index in [1.807, 2.05) is 39.0 Å². The maximum Gasteiger partial charge on any atom is 0.228 e. The van der Waals surface area contributed by atoms with Crippen LogP contribution in [0.1, 0.15) is 25.8 Å². The lowest BCUT2D eigenvalue weighted by atomic mass is 10.2. The Morgan fingerprint density at radius 2 is 1.95 bits per heavy atom. The number of rotatable bonds is 5. The number of carbonyl (C=O) groups excluding carboxylic acids is 2. The van der Waals surface area contributed by atoms with Crippen molar-refractivity contribution in [3.8, 4) is 0 Å². The van der Waals surface area contributed by atoms with Crippen molar-refractivity contribution in [1.82, 2.24) is 5.32 Å². The third-order valence-corrected chi connectivity index (χ3v) is 4.09. The molecule has 0 heterocycles. The maximum atomic E-state index is 12.2. The van der Waals surface area contributed by atoms with Crippen molar-refractivity contribution in [1.29, 1.82) is 0 Å². The highest BCUT2D eigenvalue weighted by Gasteiger charge is 2.47. The van der Waals surface area contributed by atoms with Crippen LogP contribution in [0.15, 0.2) is 22.7 Å². The van der Waals surface area contributed by atoms with Gasteiger partial charge in [-0.1, -0.05) is 29.8 Å². The number of nitrogens with one attached hydrogen (secondary N) is 2. The van der Waals surface area contributed by atoms with E-state index < -0.39 is 0 Å². The molecule has 1 fully saturated rings. The van der Waals surface area contributed by atoms with Crippen LogP contribution in [0, 0.1) is 24.7 Å². The molecule has 1 saturated carbocycles.